The van der Waals surface area contributed by atoms with Crippen LogP contribution in [0.5, 0.6) is 0 Å². The normalized spacial score (nSPS) is 10.5. The van der Waals surface area contributed by atoms with Gasteiger partial charge in [-0.15, -0.1) is 11.3 Å². The Kier molecular flexibility index (Phi) is 4.78. The highest BCUT2D eigenvalue weighted by atomic mass is 79.9. The van der Waals surface area contributed by atoms with Crippen molar-refractivity contribution in [3.8, 4) is 0 Å². The van der Waals surface area contributed by atoms with Crippen LogP contribution in [0.4, 0.5) is 9.52 Å². The molecule has 7 heteroatoms. The summed E-state index contributed by atoms with van der Waals surface area (Å²) in [6.45, 7) is 0. The van der Waals surface area contributed by atoms with E-state index < -0.39 is 0 Å². The maximum absolute atomic E-state index is 13.2. The third-order valence-electron chi connectivity index (χ3n) is 3.01. The first-order chi connectivity index (χ1) is 11.1. The highest BCUT2D eigenvalue weighted by Crippen LogP contribution is 2.22. The van der Waals surface area contributed by atoms with Crippen LogP contribution in [0.15, 0.2) is 53.4 Å². The summed E-state index contributed by atoms with van der Waals surface area (Å²) in [7, 11) is 0. The number of benzene rings is 1. The summed E-state index contributed by atoms with van der Waals surface area (Å²) in [6.07, 6.45) is 5.35. The van der Waals surface area contributed by atoms with E-state index in [2.05, 4.69) is 31.2 Å². The maximum atomic E-state index is 13.2. The molecule has 0 fully saturated rings. The Morgan fingerprint density at radius 3 is 2.91 bits per heavy atom. The number of hydrogen-bond acceptors (Lipinski definition) is 4. The minimum atomic E-state index is -0.273. The van der Waals surface area contributed by atoms with Crippen LogP contribution in [0, 0.1) is 5.82 Å². The van der Waals surface area contributed by atoms with Crippen molar-refractivity contribution in [2.24, 2.45) is 0 Å². The highest BCUT2D eigenvalue weighted by molar-refractivity contribution is 9.10. The zero-order valence-electron chi connectivity index (χ0n) is 11.8. The number of halogens is 2. The van der Waals surface area contributed by atoms with Gasteiger partial charge in [-0.2, -0.15) is 0 Å². The minimum absolute atomic E-state index is 0.261. The number of nitrogens with one attached hydrogen (secondary N) is 1. The van der Waals surface area contributed by atoms with Crippen LogP contribution >= 0.6 is 27.3 Å². The van der Waals surface area contributed by atoms with Crippen molar-refractivity contribution >= 4 is 38.3 Å². The number of carbonyl (C=O) groups excluding carboxylic acids is 1. The molecule has 0 unspecified atom stereocenters. The van der Waals surface area contributed by atoms with Gasteiger partial charge < -0.3 is 0 Å². The lowest BCUT2D eigenvalue weighted by Gasteiger charge is -2.01. The first kappa shape index (κ1) is 15.8. The molecule has 0 saturated carbocycles. The van der Waals surface area contributed by atoms with E-state index in [4.69, 9.17) is 0 Å². The molecule has 3 aromatic rings. The van der Waals surface area contributed by atoms with E-state index in [1.54, 1.807) is 24.5 Å². The van der Waals surface area contributed by atoms with Gasteiger partial charge in [0.1, 0.15) is 5.82 Å². The average molecular weight is 392 g/mol. The van der Waals surface area contributed by atoms with Crippen LogP contribution < -0.4 is 5.32 Å². The predicted octanol–water partition coefficient (Wildman–Crippen LogP) is 4.28. The van der Waals surface area contributed by atoms with E-state index >= 15 is 0 Å². The number of pyridine rings is 1. The van der Waals surface area contributed by atoms with Crippen molar-refractivity contribution in [2.75, 3.05) is 5.32 Å². The highest BCUT2D eigenvalue weighted by Gasteiger charge is 2.10. The molecule has 0 spiro atoms. The second kappa shape index (κ2) is 6.97. The first-order valence-corrected chi connectivity index (χ1v) is 8.32. The van der Waals surface area contributed by atoms with Crippen molar-refractivity contribution in [3.63, 3.8) is 0 Å². The number of anilines is 1. The number of amides is 1. The Morgan fingerprint density at radius 1 is 1.26 bits per heavy atom. The Bertz CT molecular complexity index is 853. The molecule has 0 radical (unpaired) electrons. The molecule has 23 heavy (non-hydrogen) atoms. The number of hydrogen-bond donors (Lipinski definition) is 1. The Hall–Kier alpha value is -2.12. The van der Waals surface area contributed by atoms with Crippen molar-refractivity contribution in [2.45, 2.75) is 6.42 Å². The predicted molar refractivity (Wildman–Crippen MR) is 91.2 cm³/mol. The third-order valence-corrected chi connectivity index (χ3v) is 4.35. The molecule has 0 saturated heterocycles. The van der Waals surface area contributed by atoms with Gasteiger partial charge >= 0.3 is 0 Å². The minimum Gasteiger partial charge on any atom is -0.298 e. The lowest BCUT2D eigenvalue weighted by molar-refractivity contribution is 0.102. The second-order valence-electron chi connectivity index (χ2n) is 4.78. The average Bonchev–Trinajstić information content (AvgIpc) is 2.94. The number of carbonyl (C=O) groups is 1. The topological polar surface area (TPSA) is 54.9 Å². The lowest BCUT2D eigenvalue weighted by atomic mass is 10.1. The zero-order valence-corrected chi connectivity index (χ0v) is 14.2. The summed E-state index contributed by atoms with van der Waals surface area (Å²) in [6, 6.07) is 8.12. The summed E-state index contributed by atoms with van der Waals surface area (Å²) in [4.78, 5) is 21.2. The molecular formula is C16H11BrFN3OS. The summed E-state index contributed by atoms with van der Waals surface area (Å²) in [5.74, 6) is -0.534. The van der Waals surface area contributed by atoms with Gasteiger partial charge in [-0.1, -0.05) is 12.1 Å². The van der Waals surface area contributed by atoms with E-state index in [1.807, 2.05) is 6.07 Å². The Labute approximate surface area is 144 Å². The maximum Gasteiger partial charge on any atom is 0.259 e. The van der Waals surface area contributed by atoms with E-state index in [0.29, 0.717) is 17.1 Å². The number of aromatic nitrogens is 2. The van der Waals surface area contributed by atoms with Gasteiger partial charge in [-0.25, -0.2) is 9.37 Å². The van der Waals surface area contributed by atoms with Crippen molar-refractivity contribution < 1.29 is 9.18 Å². The fraction of sp³-hybridized carbons (Fsp3) is 0.0625. The van der Waals surface area contributed by atoms with E-state index in [1.165, 1.54) is 29.7 Å². The summed E-state index contributed by atoms with van der Waals surface area (Å²) in [5.41, 5.74) is 1.31. The van der Waals surface area contributed by atoms with Crippen LogP contribution in [0.1, 0.15) is 20.8 Å². The van der Waals surface area contributed by atoms with Gasteiger partial charge in [-0.3, -0.25) is 15.1 Å². The molecule has 4 nitrogen and oxygen atoms in total. The van der Waals surface area contributed by atoms with Crippen molar-refractivity contribution in [1.82, 2.24) is 9.97 Å². The van der Waals surface area contributed by atoms with Crippen LogP contribution in [0.25, 0.3) is 0 Å². The van der Waals surface area contributed by atoms with Gasteiger partial charge in [0.15, 0.2) is 5.13 Å². The standard InChI is InChI=1S/C16H11BrFN3OS/c17-12-6-11(7-19-8-12)15(22)21-16-20-9-14(23-16)5-10-2-1-3-13(18)4-10/h1-4,6-9H,5H2,(H,20,21,22). The summed E-state index contributed by atoms with van der Waals surface area (Å²) >= 11 is 4.64. The van der Waals surface area contributed by atoms with Crippen molar-refractivity contribution in [3.05, 3.63) is 75.2 Å². The van der Waals surface area contributed by atoms with Crippen LogP contribution in [-0.2, 0) is 6.42 Å². The van der Waals surface area contributed by atoms with Crippen LogP contribution in [0.3, 0.4) is 0 Å². The quantitative estimate of drug-likeness (QED) is 0.721. The molecule has 0 aliphatic rings. The fourth-order valence-corrected chi connectivity index (χ4v) is 3.21. The van der Waals surface area contributed by atoms with E-state index in [9.17, 15) is 9.18 Å². The summed E-state index contributed by atoms with van der Waals surface area (Å²) in [5, 5.41) is 3.24. The molecule has 3 rings (SSSR count). The van der Waals surface area contributed by atoms with Gasteiger partial charge in [0, 0.05) is 34.4 Å². The number of nitrogens with zero attached hydrogens (tertiary/aromatic N) is 2. The fourth-order valence-electron chi connectivity index (χ4n) is 2.00. The number of rotatable bonds is 4. The smallest absolute Gasteiger partial charge is 0.259 e. The molecule has 1 N–H and O–H groups in total. The Balaban J connectivity index is 1.68. The van der Waals surface area contributed by atoms with Crippen LogP contribution in [-0.4, -0.2) is 15.9 Å². The monoisotopic (exact) mass is 391 g/mol. The largest absolute Gasteiger partial charge is 0.298 e. The van der Waals surface area contributed by atoms with Gasteiger partial charge in [0.25, 0.3) is 5.91 Å². The SMILES string of the molecule is O=C(Nc1ncc(Cc2cccc(F)c2)s1)c1cncc(Br)c1. The third kappa shape index (κ3) is 4.20. The van der Waals surface area contributed by atoms with Crippen molar-refractivity contribution in [1.29, 1.82) is 0 Å². The van der Waals surface area contributed by atoms with E-state index in [-0.39, 0.29) is 11.7 Å². The van der Waals surface area contributed by atoms with Gasteiger partial charge in [-0.05, 0) is 39.7 Å². The zero-order chi connectivity index (χ0) is 16.2. The van der Waals surface area contributed by atoms with Gasteiger partial charge in [0.2, 0.25) is 0 Å². The molecule has 2 heterocycles. The second-order valence-corrected chi connectivity index (χ2v) is 6.82. The van der Waals surface area contributed by atoms with Crippen LogP contribution in [0.2, 0.25) is 0 Å². The molecular weight excluding hydrogens is 381 g/mol. The molecule has 116 valence electrons. The van der Waals surface area contributed by atoms with E-state index in [0.717, 1.165) is 14.9 Å². The lowest BCUT2D eigenvalue weighted by Crippen LogP contribution is -2.11. The molecule has 0 atom stereocenters. The molecule has 2 aromatic heterocycles. The molecule has 0 aliphatic heterocycles. The van der Waals surface area contributed by atoms with Gasteiger partial charge in [0.05, 0.1) is 5.56 Å². The molecule has 1 aromatic carbocycles. The summed E-state index contributed by atoms with van der Waals surface area (Å²) < 4.78 is 13.9. The first-order valence-electron chi connectivity index (χ1n) is 6.71. The molecule has 0 aliphatic carbocycles. The molecule has 0 bridgehead atoms. The Morgan fingerprint density at radius 2 is 2.13 bits per heavy atom. The number of thiazole rings is 1. The molecule has 1 amide bonds.